The zero-order valence-electron chi connectivity index (χ0n) is 15.7. The summed E-state index contributed by atoms with van der Waals surface area (Å²) in [5.74, 6) is 0.944. The van der Waals surface area contributed by atoms with Crippen molar-refractivity contribution in [3.63, 3.8) is 0 Å². The average Bonchev–Trinajstić information content (AvgIpc) is 3.18. The molecule has 6 aromatic rings. The number of para-hydroxylation sites is 3. The Kier molecular flexibility index (Phi) is 3.47. The first-order chi connectivity index (χ1) is 14.4. The van der Waals surface area contributed by atoms with E-state index in [9.17, 15) is 0 Å². The molecule has 2 aromatic heterocycles. The number of hydrogen-bond donors (Lipinski definition) is 0. The Bertz CT molecular complexity index is 1500. The predicted molar refractivity (Wildman–Crippen MR) is 119 cm³/mol. The van der Waals surface area contributed by atoms with Gasteiger partial charge in [-0.25, -0.2) is 4.98 Å². The van der Waals surface area contributed by atoms with Crippen molar-refractivity contribution in [2.75, 3.05) is 0 Å². The molecule has 136 valence electrons. The van der Waals surface area contributed by atoms with Crippen molar-refractivity contribution in [3.8, 4) is 17.1 Å². The van der Waals surface area contributed by atoms with Gasteiger partial charge in [-0.2, -0.15) is 0 Å². The highest BCUT2D eigenvalue weighted by Crippen LogP contribution is 2.36. The fraction of sp³-hybridized carbons (Fsp3) is 0. The molecule has 0 N–H and O–H groups in total. The van der Waals surface area contributed by atoms with Crippen LogP contribution in [0.3, 0.4) is 0 Å². The van der Waals surface area contributed by atoms with E-state index < -0.39 is 0 Å². The van der Waals surface area contributed by atoms with Crippen LogP contribution < -0.4 is 0 Å². The van der Waals surface area contributed by atoms with Crippen molar-refractivity contribution in [3.05, 3.63) is 103 Å². The average molecular weight is 371 g/mol. The molecule has 0 aliphatic rings. The highest BCUT2D eigenvalue weighted by Gasteiger charge is 2.17. The van der Waals surface area contributed by atoms with Gasteiger partial charge < -0.3 is 0 Å². The summed E-state index contributed by atoms with van der Waals surface area (Å²) in [6, 6.07) is 33.5. The number of benzene rings is 4. The van der Waals surface area contributed by atoms with Crippen LogP contribution in [-0.2, 0) is 0 Å². The van der Waals surface area contributed by atoms with E-state index in [0.29, 0.717) is 0 Å². The summed E-state index contributed by atoms with van der Waals surface area (Å²) < 4.78 is 2.25. The number of nitrogens with zero attached hydrogens (tertiary/aromatic N) is 3. The fourth-order valence-corrected chi connectivity index (χ4v) is 4.15. The zero-order chi connectivity index (χ0) is 19.2. The first kappa shape index (κ1) is 16.0. The molecule has 0 spiro atoms. The molecule has 3 nitrogen and oxygen atoms in total. The van der Waals surface area contributed by atoms with Crippen molar-refractivity contribution < 1.29 is 0 Å². The zero-order valence-corrected chi connectivity index (χ0v) is 15.7. The second-order valence-electron chi connectivity index (χ2n) is 7.14. The standard InChI is InChI=1S/C26H17N3/c1-2-10-19(11-3-1)29-24-15-7-6-14-23(24)28-26(29)22-17-18-9-8-16-27-25(18)21-13-5-4-12-20(21)22/h1-17H. The quantitative estimate of drug-likeness (QED) is 0.330. The van der Waals surface area contributed by atoms with Crippen molar-refractivity contribution in [1.29, 1.82) is 0 Å². The Morgan fingerprint density at radius 3 is 2.31 bits per heavy atom. The highest BCUT2D eigenvalue weighted by molar-refractivity contribution is 6.12. The molecule has 0 bridgehead atoms. The maximum absolute atomic E-state index is 5.06. The van der Waals surface area contributed by atoms with Gasteiger partial charge in [0.25, 0.3) is 0 Å². The van der Waals surface area contributed by atoms with Gasteiger partial charge in [0.15, 0.2) is 0 Å². The summed E-state index contributed by atoms with van der Waals surface area (Å²) in [6.45, 7) is 0. The van der Waals surface area contributed by atoms with Gasteiger partial charge in [-0.15, -0.1) is 0 Å². The van der Waals surface area contributed by atoms with Crippen LogP contribution in [0.1, 0.15) is 0 Å². The summed E-state index contributed by atoms with van der Waals surface area (Å²) in [5.41, 5.74) is 5.33. The summed E-state index contributed by atoms with van der Waals surface area (Å²) in [4.78, 5) is 9.70. The minimum atomic E-state index is 0.944. The van der Waals surface area contributed by atoms with Crippen LogP contribution in [0.5, 0.6) is 0 Å². The van der Waals surface area contributed by atoms with Gasteiger partial charge in [0.05, 0.1) is 16.6 Å². The van der Waals surface area contributed by atoms with E-state index in [1.165, 1.54) is 0 Å². The van der Waals surface area contributed by atoms with E-state index in [4.69, 9.17) is 4.98 Å². The van der Waals surface area contributed by atoms with Gasteiger partial charge in [0.2, 0.25) is 0 Å². The number of rotatable bonds is 2. The first-order valence-electron chi connectivity index (χ1n) is 9.70. The van der Waals surface area contributed by atoms with Crippen molar-refractivity contribution in [2.24, 2.45) is 0 Å². The molecule has 0 fully saturated rings. The highest BCUT2D eigenvalue weighted by atomic mass is 15.1. The molecule has 0 radical (unpaired) electrons. The van der Waals surface area contributed by atoms with Crippen LogP contribution in [0, 0.1) is 0 Å². The molecule has 0 amide bonds. The lowest BCUT2D eigenvalue weighted by atomic mass is 9.99. The molecule has 0 aliphatic heterocycles. The third kappa shape index (κ3) is 2.44. The number of hydrogen-bond acceptors (Lipinski definition) is 2. The van der Waals surface area contributed by atoms with Crippen LogP contribution in [0.15, 0.2) is 103 Å². The van der Waals surface area contributed by atoms with Gasteiger partial charge in [-0.3, -0.25) is 9.55 Å². The van der Waals surface area contributed by atoms with E-state index >= 15 is 0 Å². The minimum Gasteiger partial charge on any atom is -0.292 e. The topological polar surface area (TPSA) is 30.7 Å². The molecular formula is C26H17N3. The predicted octanol–water partition coefficient (Wildman–Crippen LogP) is 6.39. The Morgan fingerprint density at radius 1 is 0.655 bits per heavy atom. The third-order valence-corrected chi connectivity index (χ3v) is 5.43. The van der Waals surface area contributed by atoms with E-state index in [-0.39, 0.29) is 0 Å². The van der Waals surface area contributed by atoms with Crippen LogP contribution >= 0.6 is 0 Å². The van der Waals surface area contributed by atoms with E-state index in [0.717, 1.165) is 49.8 Å². The minimum absolute atomic E-state index is 0.944. The second-order valence-corrected chi connectivity index (χ2v) is 7.14. The lowest BCUT2D eigenvalue weighted by Gasteiger charge is -2.13. The molecule has 2 heterocycles. The van der Waals surface area contributed by atoms with Crippen LogP contribution in [0.4, 0.5) is 0 Å². The SMILES string of the molecule is c1ccc(-n2c(-c3cc4cccnc4c4ccccc34)nc3ccccc32)cc1. The number of fused-ring (bicyclic) bond motifs is 4. The normalized spacial score (nSPS) is 11.4. The summed E-state index contributed by atoms with van der Waals surface area (Å²) in [5, 5.41) is 3.42. The summed E-state index contributed by atoms with van der Waals surface area (Å²) in [6.07, 6.45) is 1.85. The van der Waals surface area contributed by atoms with Gasteiger partial charge >= 0.3 is 0 Å². The van der Waals surface area contributed by atoms with Crippen molar-refractivity contribution in [2.45, 2.75) is 0 Å². The molecular weight excluding hydrogens is 354 g/mol. The van der Waals surface area contributed by atoms with Gasteiger partial charge in [-0.1, -0.05) is 60.7 Å². The van der Waals surface area contributed by atoms with Crippen LogP contribution in [0.2, 0.25) is 0 Å². The number of imidazole rings is 1. The molecule has 0 aliphatic carbocycles. The van der Waals surface area contributed by atoms with Gasteiger partial charge in [-0.05, 0) is 41.8 Å². The van der Waals surface area contributed by atoms with Gasteiger partial charge in [0, 0.05) is 28.2 Å². The monoisotopic (exact) mass is 371 g/mol. The maximum atomic E-state index is 5.06. The Labute approximate surface area is 167 Å². The Balaban J connectivity index is 1.79. The van der Waals surface area contributed by atoms with Crippen molar-refractivity contribution in [1.82, 2.24) is 14.5 Å². The lowest BCUT2D eigenvalue weighted by molar-refractivity contribution is 1.11. The molecule has 6 rings (SSSR count). The molecule has 4 aromatic carbocycles. The van der Waals surface area contributed by atoms with Crippen LogP contribution in [0.25, 0.3) is 49.8 Å². The molecule has 0 saturated heterocycles. The number of pyridine rings is 1. The first-order valence-corrected chi connectivity index (χ1v) is 9.70. The van der Waals surface area contributed by atoms with E-state index in [1.54, 1.807) is 0 Å². The summed E-state index contributed by atoms with van der Waals surface area (Å²) >= 11 is 0. The molecule has 0 saturated carbocycles. The largest absolute Gasteiger partial charge is 0.292 e. The smallest absolute Gasteiger partial charge is 0.146 e. The van der Waals surface area contributed by atoms with Gasteiger partial charge in [0.1, 0.15) is 5.82 Å². The van der Waals surface area contributed by atoms with Crippen LogP contribution in [-0.4, -0.2) is 14.5 Å². The second kappa shape index (κ2) is 6.28. The van der Waals surface area contributed by atoms with Crippen molar-refractivity contribution >= 4 is 32.7 Å². The third-order valence-electron chi connectivity index (χ3n) is 5.43. The fourth-order valence-electron chi connectivity index (χ4n) is 4.15. The lowest BCUT2D eigenvalue weighted by Crippen LogP contribution is -1.98. The van der Waals surface area contributed by atoms with E-state index in [1.807, 2.05) is 24.4 Å². The summed E-state index contributed by atoms with van der Waals surface area (Å²) in [7, 11) is 0. The molecule has 0 unspecified atom stereocenters. The molecule has 3 heteroatoms. The Morgan fingerprint density at radius 2 is 1.41 bits per heavy atom. The van der Waals surface area contributed by atoms with E-state index in [2.05, 4.69) is 88.4 Å². The number of aromatic nitrogens is 3. The maximum Gasteiger partial charge on any atom is 0.146 e. The molecule has 29 heavy (non-hydrogen) atoms. The molecule has 0 atom stereocenters. The Hall–Kier alpha value is -3.98.